The highest BCUT2D eigenvalue weighted by atomic mass is 79.9. The first-order valence-electron chi connectivity index (χ1n) is 5.85. The predicted octanol–water partition coefficient (Wildman–Crippen LogP) is 3.93. The summed E-state index contributed by atoms with van der Waals surface area (Å²) in [4.78, 5) is 8.30. The van der Waals surface area contributed by atoms with Crippen LogP contribution in [0.4, 0.5) is 5.82 Å². The highest BCUT2D eigenvalue weighted by molar-refractivity contribution is 9.10. The van der Waals surface area contributed by atoms with E-state index in [1.54, 1.807) is 18.7 Å². The molecule has 20 heavy (non-hydrogen) atoms. The van der Waals surface area contributed by atoms with Gasteiger partial charge in [-0.2, -0.15) is 0 Å². The van der Waals surface area contributed by atoms with Crippen LogP contribution in [0.25, 0.3) is 16.9 Å². The van der Waals surface area contributed by atoms with E-state index in [1.165, 1.54) is 0 Å². The first-order valence-corrected chi connectivity index (χ1v) is 7.02. The number of aromatic nitrogens is 3. The van der Waals surface area contributed by atoms with Gasteiger partial charge in [-0.15, -0.1) is 0 Å². The molecule has 0 unspecified atom stereocenters. The quantitative estimate of drug-likeness (QED) is 0.762. The van der Waals surface area contributed by atoms with Gasteiger partial charge in [0.2, 0.25) is 0 Å². The highest BCUT2D eigenvalue weighted by Gasteiger charge is 2.11. The van der Waals surface area contributed by atoms with Crippen molar-refractivity contribution in [3.63, 3.8) is 0 Å². The van der Waals surface area contributed by atoms with E-state index in [0.29, 0.717) is 10.8 Å². The maximum Gasteiger partial charge on any atom is 0.132 e. The van der Waals surface area contributed by atoms with Crippen LogP contribution in [0.3, 0.4) is 0 Å². The van der Waals surface area contributed by atoms with Gasteiger partial charge in [-0.05, 0) is 46.3 Å². The molecule has 100 valence electrons. The van der Waals surface area contributed by atoms with Crippen molar-refractivity contribution in [1.82, 2.24) is 14.5 Å². The second-order valence-corrected chi connectivity index (χ2v) is 5.45. The lowest BCUT2D eigenvalue weighted by atomic mass is 10.2. The average molecular weight is 350 g/mol. The topological polar surface area (TPSA) is 56.7 Å². The molecule has 0 bridgehead atoms. The number of anilines is 1. The van der Waals surface area contributed by atoms with Crippen LogP contribution in [0.15, 0.2) is 53.5 Å². The van der Waals surface area contributed by atoms with E-state index in [0.717, 1.165) is 21.4 Å². The van der Waals surface area contributed by atoms with E-state index >= 15 is 0 Å². The Labute approximate surface area is 129 Å². The molecule has 3 aromatic rings. The van der Waals surface area contributed by atoms with Crippen molar-refractivity contribution in [1.29, 1.82) is 0 Å². The molecule has 0 aliphatic carbocycles. The molecule has 0 saturated carbocycles. The van der Waals surface area contributed by atoms with Gasteiger partial charge in [-0.25, -0.2) is 9.97 Å². The fourth-order valence-corrected chi connectivity index (χ4v) is 2.39. The van der Waals surface area contributed by atoms with Crippen LogP contribution in [0.5, 0.6) is 0 Å². The summed E-state index contributed by atoms with van der Waals surface area (Å²) in [7, 11) is 0. The van der Waals surface area contributed by atoms with Gasteiger partial charge in [-0.1, -0.05) is 11.6 Å². The highest BCUT2D eigenvalue weighted by Crippen LogP contribution is 2.29. The SMILES string of the molecule is Nc1ncccc1-c1cncn1-c1ccc(Br)c(Cl)c1. The van der Waals surface area contributed by atoms with Gasteiger partial charge in [0.1, 0.15) is 5.82 Å². The van der Waals surface area contributed by atoms with Crippen LogP contribution < -0.4 is 5.73 Å². The maximum atomic E-state index is 6.14. The third kappa shape index (κ3) is 2.30. The minimum absolute atomic E-state index is 0.470. The van der Waals surface area contributed by atoms with E-state index in [2.05, 4.69) is 25.9 Å². The van der Waals surface area contributed by atoms with Gasteiger partial charge in [0.05, 0.1) is 23.2 Å². The Bertz CT molecular complexity index is 769. The molecular formula is C14H10BrClN4. The van der Waals surface area contributed by atoms with Crippen molar-refractivity contribution in [3.05, 3.63) is 58.5 Å². The zero-order valence-corrected chi connectivity index (χ0v) is 12.6. The molecule has 0 aliphatic rings. The summed E-state index contributed by atoms with van der Waals surface area (Å²) in [5, 5.41) is 0.640. The van der Waals surface area contributed by atoms with Gasteiger partial charge in [0, 0.05) is 21.9 Å². The number of halogens is 2. The molecule has 0 atom stereocenters. The number of nitrogen functional groups attached to an aromatic ring is 1. The summed E-state index contributed by atoms with van der Waals surface area (Å²) in [6.45, 7) is 0. The van der Waals surface area contributed by atoms with E-state index in [-0.39, 0.29) is 0 Å². The Morgan fingerprint density at radius 1 is 1.25 bits per heavy atom. The van der Waals surface area contributed by atoms with Gasteiger partial charge in [0.15, 0.2) is 0 Å². The number of imidazole rings is 1. The van der Waals surface area contributed by atoms with Gasteiger partial charge in [-0.3, -0.25) is 4.57 Å². The molecule has 0 saturated heterocycles. The molecular weight excluding hydrogens is 340 g/mol. The zero-order chi connectivity index (χ0) is 14.1. The number of nitrogens with two attached hydrogens (primary N) is 1. The van der Waals surface area contributed by atoms with E-state index < -0.39 is 0 Å². The molecule has 0 fully saturated rings. The van der Waals surface area contributed by atoms with Crippen molar-refractivity contribution < 1.29 is 0 Å². The number of hydrogen-bond acceptors (Lipinski definition) is 3. The second kappa shape index (κ2) is 5.26. The third-order valence-corrected chi connectivity index (χ3v) is 4.17. The largest absolute Gasteiger partial charge is 0.383 e. The molecule has 6 heteroatoms. The molecule has 1 aromatic carbocycles. The molecule has 2 aromatic heterocycles. The first-order chi connectivity index (χ1) is 9.66. The monoisotopic (exact) mass is 348 g/mol. The Balaban J connectivity index is 2.15. The first kappa shape index (κ1) is 13.1. The van der Waals surface area contributed by atoms with E-state index in [9.17, 15) is 0 Å². The van der Waals surface area contributed by atoms with Crippen LogP contribution in [0, 0.1) is 0 Å². The molecule has 4 nitrogen and oxygen atoms in total. The maximum absolute atomic E-state index is 6.14. The Kier molecular flexibility index (Phi) is 3.46. The van der Waals surface area contributed by atoms with Crippen LogP contribution in [0.1, 0.15) is 0 Å². The van der Waals surface area contributed by atoms with Crippen LogP contribution in [-0.4, -0.2) is 14.5 Å². The van der Waals surface area contributed by atoms with Crippen molar-refractivity contribution in [3.8, 4) is 16.9 Å². The van der Waals surface area contributed by atoms with Crippen LogP contribution >= 0.6 is 27.5 Å². The summed E-state index contributed by atoms with van der Waals surface area (Å²) >= 11 is 9.52. The third-order valence-electron chi connectivity index (χ3n) is 2.93. The normalized spacial score (nSPS) is 10.7. The Morgan fingerprint density at radius 2 is 2.10 bits per heavy atom. The molecule has 0 aliphatic heterocycles. The van der Waals surface area contributed by atoms with E-state index in [4.69, 9.17) is 17.3 Å². The average Bonchev–Trinajstić information content (AvgIpc) is 2.91. The number of rotatable bonds is 2. The minimum atomic E-state index is 0.470. The van der Waals surface area contributed by atoms with Crippen molar-refractivity contribution in [2.24, 2.45) is 0 Å². The smallest absolute Gasteiger partial charge is 0.132 e. The van der Waals surface area contributed by atoms with Crippen LogP contribution in [0.2, 0.25) is 5.02 Å². The lowest BCUT2D eigenvalue weighted by molar-refractivity contribution is 1.06. The lowest BCUT2D eigenvalue weighted by Crippen LogP contribution is -1.99. The number of benzene rings is 1. The number of nitrogens with zero attached hydrogens (tertiary/aromatic N) is 3. The summed E-state index contributed by atoms with van der Waals surface area (Å²) in [5.41, 5.74) is 8.54. The summed E-state index contributed by atoms with van der Waals surface area (Å²) in [5.74, 6) is 0.470. The predicted molar refractivity (Wildman–Crippen MR) is 83.9 cm³/mol. The number of hydrogen-bond donors (Lipinski definition) is 1. The summed E-state index contributed by atoms with van der Waals surface area (Å²) in [6, 6.07) is 9.47. The van der Waals surface area contributed by atoms with Gasteiger partial charge < -0.3 is 5.73 Å². The van der Waals surface area contributed by atoms with Gasteiger partial charge in [0.25, 0.3) is 0 Å². The van der Waals surface area contributed by atoms with Crippen molar-refractivity contribution in [2.75, 3.05) is 5.73 Å². The van der Waals surface area contributed by atoms with E-state index in [1.807, 2.05) is 34.9 Å². The lowest BCUT2D eigenvalue weighted by Gasteiger charge is -2.10. The minimum Gasteiger partial charge on any atom is -0.383 e. The van der Waals surface area contributed by atoms with Crippen molar-refractivity contribution >= 4 is 33.3 Å². The Hall–Kier alpha value is -1.85. The summed E-state index contributed by atoms with van der Waals surface area (Å²) < 4.78 is 2.77. The molecule has 2 heterocycles. The molecule has 0 spiro atoms. The molecule has 3 rings (SSSR count). The molecule has 0 amide bonds. The van der Waals surface area contributed by atoms with Crippen LogP contribution in [-0.2, 0) is 0 Å². The molecule has 0 radical (unpaired) electrons. The second-order valence-electron chi connectivity index (χ2n) is 4.18. The molecule has 2 N–H and O–H groups in total. The standard InChI is InChI=1S/C14H10BrClN4/c15-11-4-3-9(6-12(11)16)20-8-18-7-13(20)10-2-1-5-19-14(10)17/h1-8H,(H2,17,19). The fraction of sp³-hybridized carbons (Fsp3) is 0. The number of pyridine rings is 1. The zero-order valence-electron chi connectivity index (χ0n) is 10.3. The van der Waals surface area contributed by atoms with Crippen molar-refractivity contribution in [2.45, 2.75) is 0 Å². The summed E-state index contributed by atoms with van der Waals surface area (Å²) in [6.07, 6.45) is 5.14. The van der Waals surface area contributed by atoms with Gasteiger partial charge >= 0.3 is 0 Å². The Morgan fingerprint density at radius 3 is 2.85 bits per heavy atom. The fourth-order valence-electron chi connectivity index (χ4n) is 1.97.